The highest BCUT2D eigenvalue weighted by molar-refractivity contribution is 5.92. The number of carboxylic acid groups (broad SMARTS) is 1. The molecule has 1 fully saturated rings. The molecule has 2 rings (SSSR count). The van der Waals surface area contributed by atoms with Crippen LogP contribution in [0.15, 0.2) is 18.3 Å². The Labute approximate surface area is 99.7 Å². The SMILES string of the molecule is O=C(O)c1ncccc1N1CCC(CO)CC1. The molecule has 0 aromatic carbocycles. The Morgan fingerprint density at radius 3 is 2.76 bits per heavy atom. The first-order valence-corrected chi connectivity index (χ1v) is 5.76. The number of hydrogen-bond acceptors (Lipinski definition) is 4. The summed E-state index contributed by atoms with van der Waals surface area (Å²) >= 11 is 0. The van der Waals surface area contributed by atoms with Gasteiger partial charge >= 0.3 is 5.97 Å². The van der Waals surface area contributed by atoms with E-state index >= 15 is 0 Å². The molecule has 0 aliphatic carbocycles. The minimum atomic E-state index is -0.995. The number of aromatic carboxylic acids is 1. The van der Waals surface area contributed by atoms with Gasteiger partial charge in [0.2, 0.25) is 0 Å². The van der Waals surface area contributed by atoms with Crippen molar-refractivity contribution in [3.63, 3.8) is 0 Å². The second-order valence-corrected chi connectivity index (χ2v) is 4.29. The molecule has 0 atom stereocenters. The van der Waals surface area contributed by atoms with Gasteiger partial charge in [-0.05, 0) is 30.9 Å². The van der Waals surface area contributed by atoms with Crippen molar-refractivity contribution in [1.29, 1.82) is 0 Å². The summed E-state index contributed by atoms with van der Waals surface area (Å²) in [5.41, 5.74) is 0.784. The molecule has 0 unspecified atom stereocenters. The molecule has 2 heterocycles. The number of aliphatic hydroxyl groups is 1. The van der Waals surface area contributed by atoms with Gasteiger partial charge in [0.15, 0.2) is 5.69 Å². The van der Waals surface area contributed by atoms with Crippen molar-refractivity contribution in [3.05, 3.63) is 24.0 Å². The molecule has 0 bridgehead atoms. The van der Waals surface area contributed by atoms with Crippen molar-refractivity contribution >= 4 is 11.7 Å². The number of piperidine rings is 1. The smallest absolute Gasteiger partial charge is 0.356 e. The number of anilines is 1. The van der Waals surface area contributed by atoms with Gasteiger partial charge in [0.25, 0.3) is 0 Å². The molecule has 0 saturated carbocycles. The maximum absolute atomic E-state index is 11.1. The predicted octanol–water partition coefficient (Wildman–Crippen LogP) is 0.988. The van der Waals surface area contributed by atoms with E-state index in [0.717, 1.165) is 25.9 Å². The van der Waals surface area contributed by atoms with Gasteiger partial charge in [-0.2, -0.15) is 0 Å². The Bertz CT molecular complexity index is 400. The average molecular weight is 236 g/mol. The fourth-order valence-electron chi connectivity index (χ4n) is 2.17. The minimum absolute atomic E-state index is 0.106. The maximum atomic E-state index is 11.1. The summed E-state index contributed by atoms with van der Waals surface area (Å²) in [5.74, 6) is -0.652. The quantitative estimate of drug-likeness (QED) is 0.818. The Morgan fingerprint density at radius 2 is 2.18 bits per heavy atom. The van der Waals surface area contributed by atoms with Gasteiger partial charge in [-0.15, -0.1) is 0 Å². The molecule has 0 amide bonds. The van der Waals surface area contributed by atoms with E-state index < -0.39 is 5.97 Å². The lowest BCUT2D eigenvalue weighted by molar-refractivity contribution is 0.0691. The van der Waals surface area contributed by atoms with Crippen molar-refractivity contribution in [1.82, 2.24) is 4.98 Å². The van der Waals surface area contributed by atoms with Crippen LogP contribution in [-0.2, 0) is 0 Å². The van der Waals surface area contributed by atoms with Crippen molar-refractivity contribution in [2.45, 2.75) is 12.8 Å². The molecule has 1 aliphatic rings. The van der Waals surface area contributed by atoms with Crippen LogP contribution in [0.1, 0.15) is 23.3 Å². The molecule has 1 saturated heterocycles. The molecular weight excluding hydrogens is 220 g/mol. The third kappa shape index (κ3) is 2.55. The van der Waals surface area contributed by atoms with Crippen LogP contribution in [0.4, 0.5) is 5.69 Å². The van der Waals surface area contributed by atoms with Crippen LogP contribution >= 0.6 is 0 Å². The molecule has 0 radical (unpaired) electrons. The van der Waals surface area contributed by atoms with Crippen LogP contribution in [0, 0.1) is 5.92 Å². The number of pyridine rings is 1. The van der Waals surface area contributed by atoms with Gasteiger partial charge in [0, 0.05) is 25.9 Å². The predicted molar refractivity (Wildman–Crippen MR) is 63.2 cm³/mol. The third-order valence-corrected chi connectivity index (χ3v) is 3.20. The largest absolute Gasteiger partial charge is 0.476 e. The molecule has 1 aliphatic heterocycles. The van der Waals surface area contributed by atoms with E-state index in [2.05, 4.69) is 4.98 Å². The Morgan fingerprint density at radius 1 is 1.47 bits per heavy atom. The standard InChI is InChI=1S/C12H16N2O3/c15-8-9-3-6-14(7-4-9)10-2-1-5-13-11(10)12(16)17/h1-2,5,9,15H,3-4,6-8H2,(H,16,17). The first-order chi connectivity index (χ1) is 8.22. The first-order valence-electron chi connectivity index (χ1n) is 5.76. The van der Waals surface area contributed by atoms with Gasteiger partial charge in [0.05, 0.1) is 5.69 Å². The second kappa shape index (κ2) is 5.14. The minimum Gasteiger partial charge on any atom is -0.476 e. The van der Waals surface area contributed by atoms with Crippen LogP contribution in [0.25, 0.3) is 0 Å². The van der Waals surface area contributed by atoms with Crippen molar-refractivity contribution in [2.75, 3.05) is 24.6 Å². The van der Waals surface area contributed by atoms with Crippen LogP contribution in [0.2, 0.25) is 0 Å². The van der Waals surface area contributed by atoms with Gasteiger partial charge in [-0.25, -0.2) is 9.78 Å². The monoisotopic (exact) mass is 236 g/mol. The third-order valence-electron chi connectivity index (χ3n) is 3.20. The topological polar surface area (TPSA) is 73.7 Å². The van der Waals surface area contributed by atoms with E-state index in [9.17, 15) is 4.79 Å². The summed E-state index contributed by atoms with van der Waals surface area (Å²) < 4.78 is 0. The number of carbonyl (C=O) groups is 1. The van der Waals surface area contributed by atoms with Gasteiger partial charge in [-0.1, -0.05) is 0 Å². The lowest BCUT2D eigenvalue weighted by atomic mass is 9.97. The van der Waals surface area contributed by atoms with E-state index in [1.807, 2.05) is 4.90 Å². The van der Waals surface area contributed by atoms with E-state index in [4.69, 9.17) is 10.2 Å². The Hall–Kier alpha value is -1.62. The highest BCUT2D eigenvalue weighted by Crippen LogP contribution is 2.24. The van der Waals surface area contributed by atoms with Gasteiger partial charge < -0.3 is 15.1 Å². The molecule has 92 valence electrons. The summed E-state index contributed by atoms with van der Waals surface area (Å²) in [6.45, 7) is 1.76. The fraction of sp³-hybridized carbons (Fsp3) is 0.500. The summed E-state index contributed by atoms with van der Waals surface area (Å²) in [4.78, 5) is 17.0. The number of nitrogens with zero attached hydrogens (tertiary/aromatic N) is 2. The molecule has 5 nitrogen and oxygen atoms in total. The molecular formula is C12H16N2O3. The Balaban J connectivity index is 2.15. The number of carboxylic acids is 1. The van der Waals surface area contributed by atoms with Crippen LogP contribution in [-0.4, -0.2) is 40.9 Å². The number of hydrogen-bond donors (Lipinski definition) is 2. The van der Waals surface area contributed by atoms with Crippen molar-refractivity contribution < 1.29 is 15.0 Å². The van der Waals surface area contributed by atoms with Crippen molar-refractivity contribution in [3.8, 4) is 0 Å². The molecule has 5 heteroatoms. The fourth-order valence-corrected chi connectivity index (χ4v) is 2.17. The molecule has 17 heavy (non-hydrogen) atoms. The van der Waals surface area contributed by atoms with Crippen molar-refractivity contribution in [2.24, 2.45) is 5.92 Å². The Kier molecular flexibility index (Phi) is 3.58. The van der Waals surface area contributed by atoms with E-state index in [1.54, 1.807) is 12.1 Å². The molecule has 1 aromatic heterocycles. The van der Waals surface area contributed by atoms with Crippen LogP contribution in [0.5, 0.6) is 0 Å². The number of aromatic nitrogens is 1. The molecule has 2 N–H and O–H groups in total. The average Bonchev–Trinajstić information content (AvgIpc) is 2.39. The van der Waals surface area contributed by atoms with Gasteiger partial charge in [0.1, 0.15) is 0 Å². The zero-order valence-corrected chi connectivity index (χ0v) is 9.54. The first kappa shape index (κ1) is 11.9. The lowest BCUT2D eigenvalue weighted by Crippen LogP contribution is -2.35. The summed E-state index contributed by atoms with van der Waals surface area (Å²) in [6, 6.07) is 3.54. The summed E-state index contributed by atoms with van der Waals surface area (Å²) in [7, 11) is 0. The highest BCUT2D eigenvalue weighted by Gasteiger charge is 2.22. The van der Waals surface area contributed by atoms with E-state index in [-0.39, 0.29) is 12.3 Å². The molecule has 0 spiro atoms. The van der Waals surface area contributed by atoms with E-state index in [1.165, 1.54) is 6.20 Å². The molecule has 1 aromatic rings. The summed E-state index contributed by atoms with van der Waals surface area (Å²) in [5, 5.41) is 18.1. The number of rotatable bonds is 3. The zero-order valence-electron chi connectivity index (χ0n) is 9.54. The highest BCUT2D eigenvalue weighted by atomic mass is 16.4. The van der Waals surface area contributed by atoms with E-state index in [0.29, 0.717) is 11.6 Å². The number of aliphatic hydroxyl groups excluding tert-OH is 1. The van der Waals surface area contributed by atoms with Crippen LogP contribution < -0.4 is 4.90 Å². The second-order valence-electron chi connectivity index (χ2n) is 4.29. The van der Waals surface area contributed by atoms with Gasteiger partial charge in [-0.3, -0.25) is 0 Å². The lowest BCUT2D eigenvalue weighted by Gasteiger charge is -2.33. The summed E-state index contributed by atoms with van der Waals surface area (Å²) in [6.07, 6.45) is 3.28. The zero-order chi connectivity index (χ0) is 12.3. The van der Waals surface area contributed by atoms with Crippen LogP contribution in [0.3, 0.4) is 0 Å². The normalized spacial score (nSPS) is 17.1. The maximum Gasteiger partial charge on any atom is 0.356 e.